The van der Waals surface area contributed by atoms with Gasteiger partial charge in [0.2, 0.25) is 0 Å². The van der Waals surface area contributed by atoms with Crippen LogP contribution in [0.1, 0.15) is 0 Å². The van der Waals surface area contributed by atoms with Gasteiger partial charge in [0, 0.05) is 27.7 Å². The SMILES string of the molecule is Nc1ccc2c(c1)c(-c1ccccc1)nc1c(Br)c(N)ccc12. The highest BCUT2D eigenvalue weighted by molar-refractivity contribution is 9.10. The largest absolute Gasteiger partial charge is 0.399 e. The van der Waals surface area contributed by atoms with Crippen molar-refractivity contribution in [1.82, 2.24) is 4.98 Å². The van der Waals surface area contributed by atoms with E-state index >= 15 is 0 Å². The zero-order valence-corrected chi connectivity index (χ0v) is 13.8. The van der Waals surface area contributed by atoms with Gasteiger partial charge in [0.1, 0.15) is 0 Å². The molecule has 0 unspecified atom stereocenters. The zero-order chi connectivity index (χ0) is 16.0. The van der Waals surface area contributed by atoms with Gasteiger partial charge in [-0.25, -0.2) is 4.98 Å². The summed E-state index contributed by atoms with van der Waals surface area (Å²) in [6.45, 7) is 0. The van der Waals surface area contributed by atoms with Gasteiger partial charge in [0.05, 0.1) is 15.7 Å². The van der Waals surface area contributed by atoms with E-state index in [1.165, 1.54) is 0 Å². The van der Waals surface area contributed by atoms with Crippen molar-refractivity contribution in [1.29, 1.82) is 0 Å². The first kappa shape index (κ1) is 14.0. The van der Waals surface area contributed by atoms with E-state index in [1.807, 2.05) is 48.5 Å². The monoisotopic (exact) mass is 363 g/mol. The molecular weight excluding hydrogens is 350 g/mol. The highest BCUT2D eigenvalue weighted by Gasteiger charge is 2.13. The molecule has 0 aliphatic rings. The van der Waals surface area contributed by atoms with Gasteiger partial charge >= 0.3 is 0 Å². The van der Waals surface area contributed by atoms with E-state index < -0.39 is 0 Å². The Balaban J connectivity index is 2.22. The van der Waals surface area contributed by atoms with Crippen LogP contribution in [0.15, 0.2) is 65.1 Å². The Kier molecular flexibility index (Phi) is 3.20. The van der Waals surface area contributed by atoms with E-state index in [0.29, 0.717) is 5.69 Å². The molecule has 4 heteroatoms. The van der Waals surface area contributed by atoms with Crippen LogP contribution in [0.4, 0.5) is 11.4 Å². The third-order valence-electron chi connectivity index (χ3n) is 4.01. The minimum atomic E-state index is 0.679. The summed E-state index contributed by atoms with van der Waals surface area (Å²) < 4.78 is 0.825. The molecule has 0 bridgehead atoms. The third kappa shape index (κ3) is 2.23. The van der Waals surface area contributed by atoms with E-state index in [4.69, 9.17) is 16.5 Å². The Morgan fingerprint density at radius 2 is 1.52 bits per heavy atom. The van der Waals surface area contributed by atoms with Gasteiger partial charge in [-0.3, -0.25) is 0 Å². The Hall–Kier alpha value is -2.59. The van der Waals surface area contributed by atoms with Crippen molar-refractivity contribution >= 4 is 49.0 Å². The maximum absolute atomic E-state index is 6.04. The first-order valence-electron chi connectivity index (χ1n) is 7.27. The molecule has 3 nitrogen and oxygen atoms in total. The normalized spacial score (nSPS) is 11.2. The highest BCUT2D eigenvalue weighted by Crippen LogP contribution is 2.37. The van der Waals surface area contributed by atoms with Crippen LogP contribution in [0.25, 0.3) is 32.9 Å². The van der Waals surface area contributed by atoms with Gasteiger partial charge in [-0.2, -0.15) is 0 Å². The van der Waals surface area contributed by atoms with Crippen LogP contribution in [-0.4, -0.2) is 4.98 Å². The lowest BCUT2D eigenvalue weighted by Gasteiger charge is -2.12. The van der Waals surface area contributed by atoms with Gasteiger partial charge in [0.25, 0.3) is 0 Å². The van der Waals surface area contributed by atoms with Gasteiger partial charge in [0.15, 0.2) is 0 Å². The standard InChI is InChI=1S/C19H14BrN3/c20-17-16(22)9-8-14-13-7-6-12(21)10-15(13)18(23-19(14)17)11-4-2-1-3-5-11/h1-10H,21-22H2. The van der Waals surface area contributed by atoms with Crippen molar-refractivity contribution in [2.45, 2.75) is 0 Å². The molecular formula is C19H14BrN3. The number of halogens is 1. The Morgan fingerprint density at radius 3 is 2.30 bits per heavy atom. The first-order chi connectivity index (χ1) is 11.1. The maximum atomic E-state index is 6.04. The second kappa shape index (κ2) is 5.25. The number of nitrogens with zero attached hydrogens (tertiary/aromatic N) is 1. The van der Waals surface area contributed by atoms with Crippen LogP contribution >= 0.6 is 15.9 Å². The first-order valence-corrected chi connectivity index (χ1v) is 8.07. The molecule has 0 fully saturated rings. The Labute approximate surface area is 142 Å². The maximum Gasteiger partial charge on any atom is 0.0878 e. The summed E-state index contributed by atoms with van der Waals surface area (Å²) in [5.74, 6) is 0. The van der Waals surface area contributed by atoms with Crippen molar-refractivity contribution in [3.8, 4) is 11.3 Å². The van der Waals surface area contributed by atoms with Gasteiger partial charge in [-0.15, -0.1) is 0 Å². The number of anilines is 2. The topological polar surface area (TPSA) is 64.9 Å². The van der Waals surface area contributed by atoms with E-state index in [9.17, 15) is 0 Å². The summed E-state index contributed by atoms with van der Waals surface area (Å²) in [5.41, 5.74) is 16.3. The molecule has 1 heterocycles. The molecule has 4 aromatic rings. The van der Waals surface area contributed by atoms with Crippen molar-refractivity contribution in [3.05, 3.63) is 65.1 Å². The summed E-state index contributed by atoms with van der Waals surface area (Å²) >= 11 is 3.58. The lowest BCUT2D eigenvalue weighted by Crippen LogP contribution is -1.94. The lowest BCUT2D eigenvalue weighted by atomic mass is 9.99. The van der Waals surface area contributed by atoms with Crippen LogP contribution in [0, 0.1) is 0 Å². The third-order valence-corrected chi connectivity index (χ3v) is 4.84. The molecule has 3 aromatic carbocycles. The van der Waals surface area contributed by atoms with Crippen LogP contribution in [0.5, 0.6) is 0 Å². The smallest absolute Gasteiger partial charge is 0.0878 e. The zero-order valence-electron chi connectivity index (χ0n) is 12.3. The fourth-order valence-electron chi connectivity index (χ4n) is 2.89. The van der Waals surface area contributed by atoms with Crippen molar-refractivity contribution in [3.63, 3.8) is 0 Å². The number of nitrogen functional groups attached to an aromatic ring is 2. The van der Waals surface area contributed by atoms with Crippen LogP contribution in [0.3, 0.4) is 0 Å². The Bertz CT molecular complexity index is 1040. The molecule has 0 aliphatic carbocycles. The number of fused-ring (bicyclic) bond motifs is 3. The number of hydrogen-bond donors (Lipinski definition) is 2. The number of pyridine rings is 1. The second-order valence-corrected chi connectivity index (χ2v) is 6.29. The average molecular weight is 364 g/mol. The minimum absolute atomic E-state index is 0.679. The number of nitrogens with two attached hydrogens (primary N) is 2. The molecule has 0 amide bonds. The fourth-order valence-corrected chi connectivity index (χ4v) is 3.32. The molecule has 0 spiro atoms. The summed E-state index contributed by atoms with van der Waals surface area (Å²) in [7, 11) is 0. The Morgan fingerprint density at radius 1 is 0.783 bits per heavy atom. The minimum Gasteiger partial charge on any atom is -0.399 e. The van der Waals surface area contributed by atoms with Crippen molar-refractivity contribution in [2.75, 3.05) is 11.5 Å². The molecule has 4 N–H and O–H groups in total. The fraction of sp³-hybridized carbons (Fsp3) is 0. The van der Waals surface area contributed by atoms with Crippen molar-refractivity contribution in [2.24, 2.45) is 0 Å². The van der Waals surface area contributed by atoms with Gasteiger partial charge in [-0.1, -0.05) is 42.5 Å². The van der Waals surface area contributed by atoms with Crippen LogP contribution in [-0.2, 0) is 0 Å². The van der Waals surface area contributed by atoms with E-state index in [2.05, 4.69) is 28.1 Å². The molecule has 1 aromatic heterocycles. The number of hydrogen-bond acceptors (Lipinski definition) is 3. The molecule has 112 valence electrons. The summed E-state index contributed by atoms with van der Waals surface area (Å²) in [6.07, 6.45) is 0. The number of aromatic nitrogens is 1. The van der Waals surface area contributed by atoms with Crippen molar-refractivity contribution < 1.29 is 0 Å². The predicted octanol–water partition coefficient (Wildman–Crippen LogP) is 4.98. The van der Waals surface area contributed by atoms with Crippen LogP contribution < -0.4 is 11.5 Å². The van der Waals surface area contributed by atoms with E-state index in [-0.39, 0.29) is 0 Å². The summed E-state index contributed by atoms with van der Waals surface area (Å²) in [4.78, 5) is 4.89. The quantitative estimate of drug-likeness (QED) is 0.370. The van der Waals surface area contributed by atoms with E-state index in [1.54, 1.807) is 0 Å². The molecule has 0 aliphatic heterocycles. The van der Waals surface area contributed by atoms with Gasteiger partial charge in [-0.05, 0) is 39.5 Å². The predicted molar refractivity (Wildman–Crippen MR) is 101 cm³/mol. The highest BCUT2D eigenvalue weighted by atomic mass is 79.9. The van der Waals surface area contributed by atoms with Crippen LogP contribution in [0.2, 0.25) is 0 Å². The number of rotatable bonds is 1. The molecule has 0 saturated heterocycles. The second-order valence-electron chi connectivity index (χ2n) is 5.50. The number of benzene rings is 3. The van der Waals surface area contributed by atoms with E-state index in [0.717, 1.165) is 43.1 Å². The molecule has 4 rings (SSSR count). The lowest BCUT2D eigenvalue weighted by molar-refractivity contribution is 1.42. The molecule has 0 saturated carbocycles. The van der Waals surface area contributed by atoms with Gasteiger partial charge < -0.3 is 11.5 Å². The molecule has 0 atom stereocenters. The average Bonchev–Trinajstić information content (AvgIpc) is 2.58. The summed E-state index contributed by atoms with van der Waals surface area (Å²) in [5, 5.41) is 3.21. The molecule has 0 radical (unpaired) electrons. The molecule has 23 heavy (non-hydrogen) atoms. The summed E-state index contributed by atoms with van der Waals surface area (Å²) in [6, 6.07) is 20.0.